The van der Waals surface area contributed by atoms with Crippen LogP contribution in [0.5, 0.6) is 0 Å². The maximum atomic E-state index is 10.4. The Labute approximate surface area is 107 Å². The summed E-state index contributed by atoms with van der Waals surface area (Å²) in [6.07, 6.45) is 0.344. The number of nitrogens with zero attached hydrogens (tertiary/aromatic N) is 4. The zero-order valence-corrected chi connectivity index (χ0v) is 9.86. The van der Waals surface area contributed by atoms with Crippen LogP contribution in [0, 0.1) is 10.1 Å². The summed E-state index contributed by atoms with van der Waals surface area (Å²) in [7, 11) is 0. The monoisotopic (exact) mass is 268 g/mol. The normalized spacial score (nSPS) is 12.3. The van der Waals surface area contributed by atoms with E-state index in [1.54, 1.807) is 24.3 Å². The van der Waals surface area contributed by atoms with Crippen molar-refractivity contribution in [2.45, 2.75) is 12.6 Å². The minimum Gasteiger partial charge on any atom is -0.390 e. The van der Waals surface area contributed by atoms with Crippen LogP contribution in [0.15, 0.2) is 30.6 Å². The van der Waals surface area contributed by atoms with E-state index in [4.69, 9.17) is 11.6 Å². The standard InChI is InChI=1S/C10H9ClN4O3/c11-8-3-1-2-7(4-8)9(16)5-14-6-12-10(13-14)15(17)18/h1-4,6,9,16H,5H2. The maximum Gasteiger partial charge on any atom is 0.490 e. The number of aliphatic hydroxyl groups excluding tert-OH is 1. The molecule has 2 rings (SSSR count). The van der Waals surface area contributed by atoms with E-state index in [9.17, 15) is 15.2 Å². The molecular weight excluding hydrogens is 260 g/mol. The molecular formula is C10H9ClN4O3. The van der Waals surface area contributed by atoms with Crippen molar-refractivity contribution in [1.29, 1.82) is 0 Å². The highest BCUT2D eigenvalue weighted by molar-refractivity contribution is 6.30. The quantitative estimate of drug-likeness (QED) is 0.671. The topological polar surface area (TPSA) is 94.1 Å². The van der Waals surface area contributed by atoms with Gasteiger partial charge in [0.15, 0.2) is 0 Å². The third kappa shape index (κ3) is 2.82. The summed E-state index contributed by atoms with van der Waals surface area (Å²) in [6, 6.07) is 6.74. The van der Waals surface area contributed by atoms with Crippen LogP contribution in [0.25, 0.3) is 0 Å². The van der Waals surface area contributed by atoms with E-state index in [-0.39, 0.29) is 6.54 Å². The second-order valence-corrected chi connectivity index (χ2v) is 4.03. The number of aliphatic hydroxyl groups is 1. The molecule has 2 aromatic rings. The maximum absolute atomic E-state index is 10.4. The fourth-order valence-electron chi connectivity index (χ4n) is 1.45. The van der Waals surface area contributed by atoms with Crippen LogP contribution in [0.1, 0.15) is 11.7 Å². The van der Waals surface area contributed by atoms with Crippen molar-refractivity contribution in [3.8, 4) is 0 Å². The minimum atomic E-state index is -0.856. The summed E-state index contributed by atoms with van der Waals surface area (Å²) in [6.45, 7) is 0.0706. The van der Waals surface area contributed by atoms with E-state index in [0.29, 0.717) is 10.6 Å². The lowest BCUT2D eigenvalue weighted by atomic mass is 10.1. The lowest BCUT2D eigenvalue weighted by molar-refractivity contribution is -0.394. The van der Waals surface area contributed by atoms with Gasteiger partial charge in [0.05, 0.1) is 6.54 Å². The number of rotatable bonds is 4. The van der Waals surface area contributed by atoms with E-state index in [2.05, 4.69) is 10.1 Å². The van der Waals surface area contributed by atoms with Crippen molar-refractivity contribution in [3.63, 3.8) is 0 Å². The number of nitro groups is 1. The summed E-state index contributed by atoms with van der Waals surface area (Å²) in [5, 5.41) is 24.5. The van der Waals surface area contributed by atoms with Gasteiger partial charge in [-0.15, -0.1) is 0 Å². The summed E-state index contributed by atoms with van der Waals surface area (Å²) in [4.78, 5) is 13.2. The number of hydrogen-bond donors (Lipinski definition) is 1. The van der Waals surface area contributed by atoms with Crippen LogP contribution in [0.2, 0.25) is 5.02 Å². The van der Waals surface area contributed by atoms with Gasteiger partial charge < -0.3 is 15.2 Å². The van der Waals surface area contributed by atoms with Crippen LogP contribution < -0.4 is 0 Å². The van der Waals surface area contributed by atoms with Gasteiger partial charge in [0.2, 0.25) is 6.33 Å². The molecule has 1 atom stereocenters. The first-order chi connectivity index (χ1) is 8.56. The van der Waals surface area contributed by atoms with Crippen molar-refractivity contribution in [1.82, 2.24) is 14.8 Å². The molecule has 0 spiro atoms. The smallest absolute Gasteiger partial charge is 0.390 e. The number of benzene rings is 1. The number of hydrogen-bond acceptors (Lipinski definition) is 5. The molecule has 1 heterocycles. The molecule has 1 unspecified atom stereocenters. The Kier molecular flexibility index (Phi) is 3.54. The highest BCUT2D eigenvalue weighted by Gasteiger charge is 2.16. The third-order valence-corrected chi connectivity index (χ3v) is 2.52. The largest absolute Gasteiger partial charge is 0.490 e. The molecule has 0 saturated carbocycles. The first kappa shape index (κ1) is 12.5. The van der Waals surface area contributed by atoms with Crippen LogP contribution in [-0.4, -0.2) is 24.8 Å². The molecule has 94 valence electrons. The van der Waals surface area contributed by atoms with Crippen molar-refractivity contribution in [2.75, 3.05) is 0 Å². The molecule has 18 heavy (non-hydrogen) atoms. The van der Waals surface area contributed by atoms with Gasteiger partial charge in [-0.25, -0.2) is 0 Å². The van der Waals surface area contributed by atoms with Crippen molar-refractivity contribution in [2.24, 2.45) is 0 Å². The minimum absolute atomic E-state index is 0.0706. The van der Waals surface area contributed by atoms with Crippen LogP contribution in [0.3, 0.4) is 0 Å². The summed E-state index contributed by atoms with van der Waals surface area (Å²) >= 11 is 5.80. The lowest BCUT2D eigenvalue weighted by Crippen LogP contribution is -2.09. The zero-order valence-electron chi connectivity index (χ0n) is 9.10. The molecule has 0 radical (unpaired) electrons. The van der Waals surface area contributed by atoms with E-state index in [1.807, 2.05) is 0 Å². The Morgan fingerprint density at radius 1 is 1.56 bits per heavy atom. The lowest BCUT2D eigenvalue weighted by Gasteiger charge is -2.09. The van der Waals surface area contributed by atoms with Gasteiger partial charge in [-0.3, -0.25) is 0 Å². The Morgan fingerprint density at radius 3 is 2.94 bits per heavy atom. The Hall–Kier alpha value is -1.99. The van der Waals surface area contributed by atoms with Crippen LogP contribution >= 0.6 is 11.6 Å². The SMILES string of the molecule is O=[N+]([O-])c1ncn(CC(O)c2cccc(Cl)c2)n1. The summed E-state index contributed by atoms with van der Waals surface area (Å²) in [5.74, 6) is -0.492. The third-order valence-electron chi connectivity index (χ3n) is 2.28. The summed E-state index contributed by atoms with van der Waals surface area (Å²) < 4.78 is 1.21. The van der Waals surface area contributed by atoms with Crippen LogP contribution in [-0.2, 0) is 6.54 Å². The molecule has 1 aromatic carbocycles. The van der Waals surface area contributed by atoms with Gasteiger partial charge in [0.25, 0.3) is 0 Å². The van der Waals surface area contributed by atoms with E-state index >= 15 is 0 Å². The van der Waals surface area contributed by atoms with E-state index < -0.39 is 17.0 Å². The predicted molar refractivity (Wildman–Crippen MR) is 63.1 cm³/mol. The molecule has 7 nitrogen and oxygen atoms in total. The average molecular weight is 269 g/mol. The highest BCUT2D eigenvalue weighted by Crippen LogP contribution is 2.19. The number of aromatic nitrogens is 3. The predicted octanol–water partition coefficient (Wildman–Crippen LogP) is 1.57. The molecule has 1 aromatic heterocycles. The highest BCUT2D eigenvalue weighted by atomic mass is 35.5. The van der Waals surface area contributed by atoms with E-state index in [0.717, 1.165) is 0 Å². The summed E-state index contributed by atoms with van der Waals surface area (Å²) in [5.41, 5.74) is 0.612. The van der Waals surface area contributed by atoms with Crippen molar-refractivity contribution in [3.05, 3.63) is 51.3 Å². The fraction of sp³-hybridized carbons (Fsp3) is 0.200. The Bertz CT molecular complexity index is 572. The van der Waals surface area contributed by atoms with Crippen LogP contribution in [0.4, 0.5) is 5.95 Å². The molecule has 0 saturated heterocycles. The molecule has 0 aliphatic carbocycles. The second-order valence-electron chi connectivity index (χ2n) is 3.59. The first-order valence-electron chi connectivity index (χ1n) is 5.03. The van der Waals surface area contributed by atoms with Gasteiger partial charge in [-0.05, 0) is 22.6 Å². The van der Waals surface area contributed by atoms with E-state index in [1.165, 1.54) is 11.0 Å². The molecule has 0 fully saturated rings. The van der Waals surface area contributed by atoms with Gasteiger partial charge in [-0.1, -0.05) is 28.7 Å². The molecule has 0 bridgehead atoms. The Morgan fingerprint density at radius 2 is 2.33 bits per heavy atom. The van der Waals surface area contributed by atoms with Gasteiger partial charge in [-0.2, -0.15) is 4.68 Å². The van der Waals surface area contributed by atoms with Crippen molar-refractivity contribution < 1.29 is 10.0 Å². The zero-order chi connectivity index (χ0) is 13.1. The molecule has 8 heteroatoms. The Balaban J connectivity index is 2.11. The molecule has 0 aliphatic rings. The fourth-order valence-corrected chi connectivity index (χ4v) is 1.65. The van der Waals surface area contributed by atoms with Gasteiger partial charge >= 0.3 is 5.95 Å². The van der Waals surface area contributed by atoms with Crippen molar-refractivity contribution >= 4 is 17.5 Å². The second kappa shape index (κ2) is 5.11. The van der Waals surface area contributed by atoms with Gasteiger partial charge in [0.1, 0.15) is 6.10 Å². The van der Waals surface area contributed by atoms with Gasteiger partial charge in [0, 0.05) is 10.1 Å². The average Bonchev–Trinajstić information content (AvgIpc) is 2.77. The number of halogens is 1. The molecule has 0 aliphatic heterocycles. The molecule has 0 amide bonds. The molecule has 1 N–H and O–H groups in total. The first-order valence-corrected chi connectivity index (χ1v) is 5.41.